The van der Waals surface area contributed by atoms with E-state index < -0.39 is 0 Å². The van der Waals surface area contributed by atoms with Crippen LogP contribution in [-0.2, 0) is 6.42 Å². The van der Waals surface area contributed by atoms with Crippen molar-refractivity contribution >= 4 is 17.3 Å². The van der Waals surface area contributed by atoms with Gasteiger partial charge < -0.3 is 10.6 Å². The fourth-order valence-corrected chi connectivity index (χ4v) is 2.97. The smallest absolute Gasteiger partial charge is 0.0426 e. The molecule has 2 N–H and O–H groups in total. The molecule has 0 saturated carbocycles. The lowest BCUT2D eigenvalue weighted by Crippen LogP contribution is -2.51. The average molecular weight is 282 g/mol. The van der Waals surface area contributed by atoms with Crippen LogP contribution in [0.1, 0.15) is 18.9 Å². The second-order valence-electron chi connectivity index (χ2n) is 5.30. The van der Waals surface area contributed by atoms with Gasteiger partial charge in [-0.3, -0.25) is 4.90 Å². The minimum atomic E-state index is 0.624. The molecule has 1 aromatic carbocycles. The van der Waals surface area contributed by atoms with E-state index in [1.54, 1.807) is 0 Å². The van der Waals surface area contributed by atoms with Gasteiger partial charge in [-0.15, -0.1) is 0 Å². The Bertz CT molecular complexity index is 422. The summed E-state index contributed by atoms with van der Waals surface area (Å²) in [6.45, 7) is 6.17. The van der Waals surface area contributed by atoms with Gasteiger partial charge in [-0.1, -0.05) is 24.6 Å². The predicted octanol–water partition coefficient (Wildman–Crippen LogP) is 2.37. The number of halogens is 1. The molecule has 1 unspecified atom stereocenters. The summed E-state index contributed by atoms with van der Waals surface area (Å²) in [4.78, 5) is 4.91. The molecule has 0 radical (unpaired) electrons. The maximum Gasteiger partial charge on any atom is 0.0426 e. The SMILES string of the molecule is CCC1CN(c2cc(Cl)ccc2CCN)CCN1C. The zero-order chi connectivity index (χ0) is 13.8. The minimum Gasteiger partial charge on any atom is -0.368 e. The Morgan fingerprint density at radius 2 is 2.16 bits per heavy atom. The van der Waals surface area contributed by atoms with E-state index in [4.69, 9.17) is 17.3 Å². The van der Waals surface area contributed by atoms with Gasteiger partial charge in [0.15, 0.2) is 0 Å². The molecule has 1 aromatic rings. The molecule has 1 aliphatic rings. The Morgan fingerprint density at radius 1 is 1.37 bits per heavy atom. The van der Waals surface area contributed by atoms with Crippen molar-refractivity contribution in [2.24, 2.45) is 5.73 Å². The number of hydrogen-bond donors (Lipinski definition) is 1. The highest BCUT2D eigenvalue weighted by atomic mass is 35.5. The Hall–Kier alpha value is -0.770. The Morgan fingerprint density at radius 3 is 2.84 bits per heavy atom. The number of nitrogens with two attached hydrogens (primary N) is 1. The molecular formula is C15H24ClN3. The standard InChI is InChI=1S/C15H24ClN3/c1-3-14-11-19(9-8-18(14)2)15-10-13(16)5-4-12(15)6-7-17/h4-5,10,14H,3,6-9,11,17H2,1-2H3. The molecule has 0 spiro atoms. The first-order valence-electron chi connectivity index (χ1n) is 7.09. The van der Waals surface area contributed by atoms with E-state index in [1.165, 1.54) is 17.7 Å². The minimum absolute atomic E-state index is 0.624. The second kappa shape index (κ2) is 6.60. The normalized spacial score (nSPS) is 20.8. The lowest BCUT2D eigenvalue weighted by Gasteiger charge is -2.41. The number of piperazine rings is 1. The van der Waals surface area contributed by atoms with Crippen molar-refractivity contribution < 1.29 is 0 Å². The molecule has 1 atom stereocenters. The van der Waals surface area contributed by atoms with Crippen LogP contribution in [0.3, 0.4) is 0 Å². The van der Waals surface area contributed by atoms with E-state index in [2.05, 4.69) is 35.9 Å². The third kappa shape index (κ3) is 3.41. The second-order valence-corrected chi connectivity index (χ2v) is 5.74. The van der Waals surface area contributed by atoms with Crippen LogP contribution in [0, 0.1) is 0 Å². The maximum atomic E-state index is 6.17. The third-order valence-corrected chi connectivity index (χ3v) is 4.29. The zero-order valence-corrected chi connectivity index (χ0v) is 12.7. The van der Waals surface area contributed by atoms with Gasteiger partial charge in [0.25, 0.3) is 0 Å². The van der Waals surface area contributed by atoms with E-state index in [1.807, 2.05) is 6.07 Å². The van der Waals surface area contributed by atoms with Crippen molar-refractivity contribution in [3.05, 3.63) is 28.8 Å². The van der Waals surface area contributed by atoms with Crippen molar-refractivity contribution in [3.8, 4) is 0 Å². The molecule has 1 aliphatic heterocycles. The highest BCUT2D eigenvalue weighted by Crippen LogP contribution is 2.27. The predicted molar refractivity (Wildman–Crippen MR) is 83.1 cm³/mol. The number of benzene rings is 1. The van der Waals surface area contributed by atoms with Crippen LogP contribution in [-0.4, -0.2) is 44.2 Å². The first-order chi connectivity index (χ1) is 9.15. The maximum absolute atomic E-state index is 6.17. The molecule has 106 valence electrons. The van der Waals surface area contributed by atoms with E-state index in [0.717, 1.165) is 31.1 Å². The van der Waals surface area contributed by atoms with E-state index >= 15 is 0 Å². The third-order valence-electron chi connectivity index (χ3n) is 4.05. The van der Waals surface area contributed by atoms with Crippen LogP contribution in [0.2, 0.25) is 5.02 Å². The molecule has 1 heterocycles. The summed E-state index contributed by atoms with van der Waals surface area (Å²) in [6.07, 6.45) is 2.09. The fourth-order valence-electron chi connectivity index (χ4n) is 2.80. The van der Waals surface area contributed by atoms with Crippen molar-refractivity contribution in [2.45, 2.75) is 25.8 Å². The van der Waals surface area contributed by atoms with E-state index in [9.17, 15) is 0 Å². The van der Waals surface area contributed by atoms with Crippen LogP contribution in [0.25, 0.3) is 0 Å². The molecule has 4 heteroatoms. The number of anilines is 1. The summed E-state index contributed by atoms with van der Waals surface area (Å²) >= 11 is 6.17. The summed E-state index contributed by atoms with van der Waals surface area (Å²) in [5, 5.41) is 0.808. The molecule has 19 heavy (non-hydrogen) atoms. The zero-order valence-electron chi connectivity index (χ0n) is 11.9. The summed E-state index contributed by atoms with van der Waals surface area (Å²) in [5.74, 6) is 0. The Labute approximate surface area is 121 Å². The van der Waals surface area contributed by atoms with Crippen molar-refractivity contribution in [1.82, 2.24) is 4.90 Å². The molecule has 2 rings (SSSR count). The van der Waals surface area contributed by atoms with Crippen LogP contribution < -0.4 is 10.6 Å². The quantitative estimate of drug-likeness (QED) is 0.920. The monoisotopic (exact) mass is 281 g/mol. The summed E-state index contributed by atoms with van der Waals surface area (Å²) in [5.41, 5.74) is 8.29. The van der Waals surface area contributed by atoms with Gasteiger partial charge in [0, 0.05) is 36.4 Å². The van der Waals surface area contributed by atoms with E-state index in [0.29, 0.717) is 12.6 Å². The Kier molecular flexibility index (Phi) is 5.08. The van der Waals surface area contributed by atoms with Crippen LogP contribution in [0.4, 0.5) is 5.69 Å². The molecule has 0 bridgehead atoms. The number of likely N-dealkylation sites (N-methyl/N-ethyl adjacent to an activating group) is 1. The lowest BCUT2D eigenvalue weighted by molar-refractivity contribution is 0.213. The average Bonchev–Trinajstić information content (AvgIpc) is 2.42. The number of rotatable bonds is 4. The summed E-state index contributed by atoms with van der Waals surface area (Å²) in [7, 11) is 2.21. The molecule has 0 aromatic heterocycles. The van der Waals surface area contributed by atoms with Crippen LogP contribution in [0.15, 0.2) is 18.2 Å². The first kappa shape index (κ1) is 14.6. The van der Waals surface area contributed by atoms with E-state index in [-0.39, 0.29) is 0 Å². The first-order valence-corrected chi connectivity index (χ1v) is 7.47. The molecule has 3 nitrogen and oxygen atoms in total. The topological polar surface area (TPSA) is 32.5 Å². The largest absolute Gasteiger partial charge is 0.368 e. The Balaban J connectivity index is 2.22. The van der Waals surface area contributed by atoms with Gasteiger partial charge in [-0.2, -0.15) is 0 Å². The van der Waals surface area contributed by atoms with Gasteiger partial charge in [-0.25, -0.2) is 0 Å². The van der Waals surface area contributed by atoms with Crippen molar-refractivity contribution in [3.63, 3.8) is 0 Å². The van der Waals surface area contributed by atoms with Gasteiger partial charge in [0.05, 0.1) is 0 Å². The van der Waals surface area contributed by atoms with Crippen molar-refractivity contribution in [1.29, 1.82) is 0 Å². The lowest BCUT2D eigenvalue weighted by atomic mass is 10.1. The highest BCUT2D eigenvalue weighted by molar-refractivity contribution is 6.30. The molecule has 0 amide bonds. The molecular weight excluding hydrogens is 258 g/mol. The van der Waals surface area contributed by atoms with Crippen LogP contribution in [0.5, 0.6) is 0 Å². The van der Waals surface area contributed by atoms with Gasteiger partial charge in [0.1, 0.15) is 0 Å². The molecule has 1 saturated heterocycles. The fraction of sp³-hybridized carbons (Fsp3) is 0.600. The van der Waals surface area contributed by atoms with Gasteiger partial charge in [0.2, 0.25) is 0 Å². The van der Waals surface area contributed by atoms with Crippen LogP contribution >= 0.6 is 11.6 Å². The van der Waals surface area contributed by atoms with Gasteiger partial charge >= 0.3 is 0 Å². The van der Waals surface area contributed by atoms with Crippen molar-refractivity contribution in [2.75, 3.05) is 38.1 Å². The number of nitrogens with zero attached hydrogens (tertiary/aromatic N) is 2. The summed E-state index contributed by atoms with van der Waals surface area (Å²) < 4.78 is 0. The summed E-state index contributed by atoms with van der Waals surface area (Å²) in [6, 6.07) is 6.79. The molecule has 1 fully saturated rings. The number of hydrogen-bond acceptors (Lipinski definition) is 3. The molecule has 0 aliphatic carbocycles. The van der Waals surface area contributed by atoms with Gasteiger partial charge in [-0.05, 0) is 44.1 Å². The highest BCUT2D eigenvalue weighted by Gasteiger charge is 2.24.